The summed E-state index contributed by atoms with van der Waals surface area (Å²) < 4.78 is 23.6. The van der Waals surface area contributed by atoms with E-state index in [0.29, 0.717) is 10.4 Å². The van der Waals surface area contributed by atoms with Crippen LogP contribution in [0.4, 0.5) is 0 Å². The van der Waals surface area contributed by atoms with Crippen LogP contribution in [0.1, 0.15) is 12.5 Å². The second-order valence-electron chi connectivity index (χ2n) is 3.94. The summed E-state index contributed by atoms with van der Waals surface area (Å²) in [5.74, 6) is 0.430. The van der Waals surface area contributed by atoms with E-state index in [9.17, 15) is 8.42 Å². The number of hydrogen-bond donors (Lipinski definition) is 0. The van der Waals surface area contributed by atoms with E-state index in [0.717, 1.165) is 5.56 Å². The van der Waals surface area contributed by atoms with Gasteiger partial charge in [-0.3, -0.25) is 0 Å². The molecule has 0 spiro atoms. The second kappa shape index (κ2) is 6.03. The molecular formula is C11H14BrClO2S. The fraction of sp³-hybridized carbons (Fsp3) is 0.455. The van der Waals surface area contributed by atoms with Gasteiger partial charge in [0, 0.05) is 10.4 Å². The number of rotatable bonds is 5. The number of alkyl halides is 1. The molecule has 0 heterocycles. The van der Waals surface area contributed by atoms with Crippen molar-refractivity contribution in [2.45, 2.75) is 12.7 Å². The maximum absolute atomic E-state index is 11.8. The third-order valence-electron chi connectivity index (χ3n) is 2.10. The summed E-state index contributed by atoms with van der Waals surface area (Å²) in [5, 5.41) is 1.32. The van der Waals surface area contributed by atoms with E-state index < -0.39 is 9.84 Å². The van der Waals surface area contributed by atoms with E-state index in [1.165, 1.54) is 0 Å². The number of halogens is 2. The molecule has 0 bridgehead atoms. The average Bonchev–Trinajstić information content (AvgIpc) is 2.20. The Morgan fingerprint density at radius 2 is 1.88 bits per heavy atom. The van der Waals surface area contributed by atoms with Crippen LogP contribution in [0.25, 0.3) is 0 Å². The molecule has 0 aliphatic heterocycles. The van der Waals surface area contributed by atoms with Crippen molar-refractivity contribution >= 4 is 37.4 Å². The summed E-state index contributed by atoms with van der Waals surface area (Å²) >= 11 is 9.01. The van der Waals surface area contributed by atoms with Crippen molar-refractivity contribution in [1.29, 1.82) is 0 Å². The van der Waals surface area contributed by atoms with Gasteiger partial charge in [0.25, 0.3) is 0 Å². The average molecular weight is 326 g/mol. The van der Waals surface area contributed by atoms with Crippen LogP contribution in [-0.2, 0) is 15.6 Å². The monoisotopic (exact) mass is 324 g/mol. The van der Waals surface area contributed by atoms with Crippen molar-refractivity contribution in [3.8, 4) is 0 Å². The third kappa shape index (κ3) is 4.85. The van der Waals surface area contributed by atoms with E-state index in [1.807, 2.05) is 6.92 Å². The van der Waals surface area contributed by atoms with Crippen LogP contribution in [0.2, 0.25) is 5.02 Å². The van der Waals surface area contributed by atoms with Gasteiger partial charge in [-0.15, -0.1) is 0 Å². The molecule has 1 rings (SSSR count). The minimum atomic E-state index is -3.03. The van der Waals surface area contributed by atoms with Crippen molar-refractivity contribution < 1.29 is 8.42 Å². The van der Waals surface area contributed by atoms with Crippen LogP contribution < -0.4 is 0 Å². The quantitative estimate of drug-likeness (QED) is 0.779. The Balaban J connectivity index is 2.69. The van der Waals surface area contributed by atoms with Gasteiger partial charge in [0.1, 0.15) is 0 Å². The molecule has 0 aromatic heterocycles. The lowest BCUT2D eigenvalue weighted by Gasteiger charge is -2.08. The standard InChI is InChI=1S/C11H14BrClO2S/c1-9(6-12)7-16(14,15)8-10-2-4-11(13)5-3-10/h2-5,9H,6-8H2,1H3. The summed E-state index contributed by atoms with van der Waals surface area (Å²) in [5.41, 5.74) is 0.783. The number of sulfone groups is 1. The Morgan fingerprint density at radius 1 is 1.31 bits per heavy atom. The normalized spacial score (nSPS) is 13.7. The topological polar surface area (TPSA) is 34.1 Å². The molecule has 90 valence electrons. The summed E-state index contributed by atoms with van der Waals surface area (Å²) in [4.78, 5) is 0. The molecule has 2 nitrogen and oxygen atoms in total. The van der Waals surface area contributed by atoms with Gasteiger partial charge in [-0.25, -0.2) is 8.42 Å². The Kier molecular flexibility index (Phi) is 5.28. The lowest BCUT2D eigenvalue weighted by molar-refractivity contribution is 0.583. The smallest absolute Gasteiger partial charge is 0.154 e. The van der Waals surface area contributed by atoms with Gasteiger partial charge in [0.2, 0.25) is 0 Å². The summed E-state index contributed by atoms with van der Waals surface area (Å²) in [6.07, 6.45) is 0. The van der Waals surface area contributed by atoms with E-state index in [2.05, 4.69) is 15.9 Å². The van der Waals surface area contributed by atoms with Crippen LogP contribution in [0.5, 0.6) is 0 Å². The summed E-state index contributed by atoms with van der Waals surface area (Å²) in [7, 11) is -3.03. The van der Waals surface area contributed by atoms with E-state index in [1.54, 1.807) is 24.3 Å². The first kappa shape index (κ1) is 14.0. The fourth-order valence-corrected chi connectivity index (χ4v) is 3.83. The first-order chi connectivity index (χ1) is 7.43. The largest absolute Gasteiger partial charge is 0.228 e. The summed E-state index contributed by atoms with van der Waals surface area (Å²) in [6.45, 7) is 1.91. The molecule has 0 saturated heterocycles. The third-order valence-corrected chi connectivity index (χ3v) is 5.31. The zero-order valence-corrected chi connectivity index (χ0v) is 12.1. The van der Waals surface area contributed by atoms with Crippen molar-refractivity contribution in [3.63, 3.8) is 0 Å². The fourth-order valence-electron chi connectivity index (χ4n) is 1.37. The molecule has 1 aromatic carbocycles. The molecule has 0 aliphatic rings. The van der Waals surface area contributed by atoms with Crippen LogP contribution in [-0.4, -0.2) is 19.5 Å². The molecule has 0 fully saturated rings. The van der Waals surface area contributed by atoms with Gasteiger partial charge in [-0.2, -0.15) is 0 Å². The Labute approximate surface area is 110 Å². The van der Waals surface area contributed by atoms with E-state index >= 15 is 0 Å². The zero-order valence-electron chi connectivity index (χ0n) is 8.99. The molecule has 1 unspecified atom stereocenters. The lowest BCUT2D eigenvalue weighted by atomic mass is 10.2. The SMILES string of the molecule is CC(CBr)CS(=O)(=O)Cc1ccc(Cl)cc1. The van der Waals surface area contributed by atoms with Gasteiger partial charge < -0.3 is 0 Å². The zero-order chi connectivity index (χ0) is 12.2. The van der Waals surface area contributed by atoms with Crippen molar-refractivity contribution in [2.24, 2.45) is 5.92 Å². The highest BCUT2D eigenvalue weighted by Gasteiger charge is 2.15. The number of hydrogen-bond acceptors (Lipinski definition) is 2. The van der Waals surface area contributed by atoms with E-state index in [4.69, 9.17) is 11.6 Å². The highest BCUT2D eigenvalue weighted by molar-refractivity contribution is 9.09. The predicted octanol–water partition coefficient (Wildman–Crippen LogP) is 3.29. The van der Waals surface area contributed by atoms with Crippen LogP contribution in [0, 0.1) is 5.92 Å². The van der Waals surface area contributed by atoms with Gasteiger partial charge in [-0.05, 0) is 23.6 Å². The summed E-state index contributed by atoms with van der Waals surface area (Å²) in [6, 6.07) is 6.91. The highest BCUT2D eigenvalue weighted by atomic mass is 79.9. The molecule has 1 atom stereocenters. The van der Waals surface area contributed by atoms with Crippen molar-refractivity contribution in [2.75, 3.05) is 11.1 Å². The van der Waals surface area contributed by atoms with Crippen LogP contribution in [0.3, 0.4) is 0 Å². The molecule has 0 saturated carbocycles. The van der Waals surface area contributed by atoms with Crippen LogP contribution >= 0.6 is 27.5 Å². The van der Waals surface area contributed by atoms with Gasteiger partial charge >= 0.3 is 0 Å². The Morgan fingerprint density at radius 3 is 2.38 bits per heavy atom. The molecule has 0 amide bonds. The first-order valence-electron chi connectivity index (χ1n) is 4.94. The molecule has 5 heteroatoms. The van der Waals surface area contributed by atoms with Gasteiger partial charge in [0.05, 0.1) is 11.5 Å². The molecule has 0 radical (unpaired) electrons. The molecule has 16 heavy (non-hydrogen) atoms. The minimum absolute atomic E-state index is 0.0848. The molecular weight excluding hydrogens is 312 g/mol. The maximum atomic E-state index is 11.8. The van der Waals surface area contributed by atoms with Crippen molar-refractivity contribution in [1.82, 2.24) is 0 Å². The van der Waals surface area contributed by atoms with Crippen LogP contribution in [0.15, 0.2) is 24.3 Å². The van der Waals surface area contributed by atoms with Gasteiger partial charge in [-0.1, -0.05) is 46.6 Å². The second-order valence-corrected chi connectivity index (χ2v) is 7.13. The lowest BCUT2D eigenvalue weighted by Crippen LogP contribution is -2.16. The first-order valence-corrected chi connectivity index (χ1v) is 8.26. The highest BCUT2D eigenvalue weighted by Crippen LogP contribution is 2.14. The van der Waals surface area contributed by atoms with E-state index in [-0.39, 0.29) is 17.4 Å². The Bertz CT molecular complexity index is 428. The molecule has 0 aliphatic carbocycles. The molecule has 1 aromatic rings. The van der Waals surface area contributed by atoms with Crippen molar-refractivity contribution in [3.05, 3.63) is 34.9 Å². The molecule has 0 N–H and O–H groups in total. The Hall–Kier alpha value is -0.0600. The number of benzene rings is 1. The maximum Gasteiger partial charge on any atom is 0.154 e. The van der Waals surface area contributed by atoms with Gasteiger partial charge in [0.15, 0.2) is 9.84 Å². The minimum Gasteiger partial charge on any atom is -0.228 e. The predicted molar refractivity (Wildman–Crippen MR) is 71.9 cm³/mol.